The Balaban J connectivity index is 1.69. The molecular weight excluding hydrogens is 228 g/mol. The molecule has 2 atom stereocenters. The highest BCUT2D eigenvalue weighted by atomic mass is 16.6. The van der Waals surface area contributed by atoms with Crippen LogP contribution in [0.2, 0.25) is 0 Å². The number of epoxide rings is 1. The number of benzene rings is 1. The molecular formula is C14H14N2O2. The van der Waals surface area contributed by atoms with Gasteiger partial charge in [-0.2, -0.15) is 0 Å². The topological polar surface area (TPSA) is 48.6 Å². The van der Waals surface area contributed by atoms with Crippen LogP contribution in [0.1, 0.15) is 16.8 Å². The number of H-pyrrole nitrogens is 1. The molecule has 2 aliphatic rings. The molecule has 0 bridgehead atoms. The first-order chi connectivity index (χ1) is 8.83. The molecule has 0 spiro atoms. The molecule has 0 radical (unpaired) electrons. The second kappa shape index (κ2) is 3.59. The van der Waals surface area contributed by atoms with E-state index in [0.29, 0.717) is 6.10 Å². The lowest BCUT2D eigenvalue weighted by Crippen LogP contribution is -2.39. The van der Waals surface area contributed by atoms with E-state index in [-0.39, 0.29) is 12.0 Å². The number of aromatic amines is 1. The molecule has 2 unspecified atom stereocenters. The van der Waals surface area contributed by atoms with E-state index in [1.165, 1.54) is 0 Å². The largest absolute Gasteiger partial charge is 0.368 e. The van der Waals surface area contributed by atoms with Gasteiger partial charge in [0.1, 0.15) is 6.10 Å². The Morgan fingerprint density at radius 2 is 2.28 bits per heavy atom. The third-order valence-corrected chi connectivity index (χ3v) is 3.88. The third-order valence-electron chi connectivity index (χ3n) is 3.88. The van der Waals surface area contributed by atoms with Crippen LogP contribution in [-0.2, 0) is 4.74 Å². The van der Waals surface area contributed by atoms with Gasteiger partial charge < -0.3 is 14.6 Å². The number of carbonyl (C=O) groups is 1. The van der Waals surface area contributed by atoms with Gasteiger partial charge in [0.05, 0.1) is 6.10 Å². The number of likely N-dealkylation sites (tertiary alicyclic amines) is 1. The van der Waals surface area contributed by atoms with Gasteiger partial charge in [-0.05, 0) is 24.6 Å². The number of ether oxygens (including phenoxy) is 1. The van der Waals surface area contributed by atoms with Crippen molar-refractivity contribution in [2.45, 2.75) is 18.6 Å². The smallest absolute Gasteiger partial charge is 0.254 e. The second-order valence-corrected chi connectivity index (χ2v) is 5.00. The molecule has 2 saturated heterocycles. The van der Waals surface area contributed by atoms with Gasteiger partial charge in [-0.3, -0.25) is 4.79 Å². The summed E-state index contributed by atoms with van der Waals surface area (Å²) in [7, 11) is 0. The summed E-state index contributed by atoms with van der Waals surface area (Å²) in [5.74, 6) is 0.120. The number of piperidine rings is 1. The van der Waals surface area contributed by atoms with Crippen LogP contribution in [0.3, 0.4) is 0 Å². The molecule has 0 aliphatic carbocycles. The zero-order chi connectivity index (χ0) is 12.1. The summed E-state index contributed by atoms with van der Waals surface area (Å²) in [6.45, 7) is 1.55. The molecule has 4 heteroatoms. The summed E-state index contributed by atoms with van der Waals surface area (Å²) in [6, 6.07) is 7.77. The Hall–Kier alpha value is -1.81. The zero-order valence-corrected chi connectivity index (χ0v) is 9.93. The first-order valence-corrected chi connectivity index (χ1v) is 6.34. The molecule has 1 aromatic heterocycles. The first kappa shape index (κ1) is 10.1. The maximum Gasteiger partial charge on any atom is 0.254 e. The second-order valence-electron chi connectivity index (χ2n) is 5.00. The van der Waals surface area contributed by atoms with Gasteiger partial charge in [-0.15, -0.1) is 0 Å². The van der Waals surface area contributed by atoms with Crippen LogP contribution in [0, 0.1) is 0 Å². The molecule has 0 saturated carbocycles. The summed E-state index contributed by atoms with van der Waals surface area (Å²) in [6.07, 6.45) is 3.54. The SMILES string of the molecule is O=C(c1cccc2[nH]ccc12)N1CCC2OC2C1. The average Bonchev–Trinajstić information content (AvgIpc) is 3.02. The van der Waals surface area contributed by atoms with E-state index in [1.807, 2.05) is 35.4 Å². The van der Waals surface area contributed by atoms with Crippen LogP contribution in [-0.4, -0.2) is 41.1 Å². The summed E-state index contributed by atoms with van der Waals surface area (Å²) in [5, 5.41) is 1.00. The molecule has 3 heterocycles. The number of hydrogen-bond acceptors (Lipinski definition) is 2. The Labute approximate surface area is 105 Å². The minimum atomic E-state index is 0.120. The van der Waals surface area contributed by atoms with Crippen molar-refractivity contribution in [2.75, 3.05) is 13.1 Å². The summed E-state index contributed by atoms with van der Waals surface area (Å²) < 4.78 is 5.47. The van der Waals surface area contributed by atoms with Crippen molar-refractivity contribution in [1.82, 2.24) is 9.88 Å². The van der Waals surface area contributed by atoms with Gasteiger partial charge in [0.2, 0.25) is 0 Å². The Morgan fingerprint density at radius 1 is 1.33 bits per heavy atom. The van der Waals surface area contributed by atoms with Crippen molar-refractivity contribution in [3.63, 3.8) is 0 Å². The van der Waals surface area contributed by atoms with Crippen molar-refractivity contribution in [3.05, 3.63) is 36.0 Å². The zero-order valence-electron chi connectivity index (χ0n) is 9.93. The number of rotatable bonds is 1. The number of amides is 1. The van der Waals surface area contributed by atoms with Crippen LogP contribution in [0.15, 0.2) is 30.5 Å². The van der Waals surface area contributed by atoms with Crippen molar-refractivity contribution in [1.29, 1.82) is 0 Å². The average molecular weight is 242 g/mol. The molecule has 2 aliphatic heterocycles. The van der Waals surface area contributed by atoms with Crippen LogP contribution in [0.4, 0.5) is 0 Å². The highest BCUT2D eigenvalue weighted by Crippen LogP contribution is 2.31. The minimum Gasteiger partial charge on any atom is -0.368 e. The monoisotopic (exact) mass is 242 g/mol. The number of nitrogens with zero attached hydrogens (tertiary/aromatic N) is 1. The number of nitrogens with one attached hydrogen (secondary N) is 1. The van der Waals surface area contributed by atoms with Crippen molar-refractivity contribution < 1.29 is 9.53 Å². The maximum atomic E-state index is 12.5. The number of hydrogen-bond donors (Lipinski definition) is 1. The Kier molecular flexibility index (Phi) is 2.02. The first-order valence-electron chi connectivity index (χ1n) is 6.34. The van der Waals surface area contributed by atoms with Gasteiger partial charge in [0, 0.05) is 35.8 Å². The van der Waals surface area contributed by atoms with Gasteiger partial charge in [-0.1, -0.05) is 6.07 Å². The van der Waals surface area contributed by atoms with E-state index in [2.05, 4.69) is 4.98 Å². The van der Waals surface area contributed by atoms with Crippen molar-refractivity contribution >= 4 is 16.8 Å². The molecule has 2 aromatic rings. The van der Waals surface area contributed by atoms with Gasteiger partial charge in [0.25, 0.3) is 5.91 Å². The summed E-state index contributed by atoms with van der Waals surface area (Å²) >= 11 is 0. The predicted molar refractivity (Wildman–Crippen MR) is 67.5 cm³/mol. The quantitative estimate of drug-likeness (QED) is 0.775. The highest BCUT2D eigenvalue weighted by Gasteiger charge is 2.44. The lowest BCUT2D eigenvalue weighted by molar-refractivity contribution is 0.0738. The number of fused-ring (bicyclic) bond motifs is 2. The van der Waals surface area contributed by atoms with Crippen LogP contribution >= 0.6 is 0 Å². The van der Waals surface area contributed by atoms with Gasteiger partial charge >= 0.3 is 0 Å². The Bertz CT molecular complexity index is 619. The van der Waals surface area contributed by atoms with E-state index in [9.17, 15) is 4.79 Å². The van der Waals surface area contributed by atoms with E-state index in [0.717, 1.165) is 36.0 Å². The van der Waals surface area contributed by atoms with E-state index in [4.69, 9.17) is 4.74 Å². The Morgan fingerprint density at radius 3 is 3.17 bits per heavy atom. The standard InChI is InChI=1S/C14H14N2O2/c17-14(16-7-5-12-13(8-16)18-12)10-2-1-3-11-9(10)4-6-15-11/h1-4,6,12-13,15H,5,7-8H2. The molecule has 1 N–H and O–H groups in total. The van der Waals surface area contributed by atoms with E-state index >= 15 is 0 Å². The number of carbonyl (C=O) groups excluding carboxylic acids is 1. The number of aromatic nitrogens is 1. The molecule has 4 nitrogen and oxygen atoms in total. The van der Waals surface area contributed by atoms with Crippen molar-refractivity contribution in [3.8, 4) is 0 Å². The molecule has 4 rings (SSSR count). The molecule has 2 fully saturated rings. The fourth-order valence-corrected chi connectivity index (χ4v) is 2.81. The predicted octanol–water partition coefficient (Wildman–Crippen LogP) is 1.78. The van der Waals surface area contributed by atoms with Crippen molar-refractivity contribution in [2.24, 2.45) is 0 Å². The maximum absolute atomic E-state index is 12.5. The van der Waals surface area contributed by atoms with E-state index in [1.54, 1.807) is 0 Å². The summed E-state index contributed by atoms with van der Waals surface area (Å²) in [4.78, 5) is 17.6. The molecule has 92 valence electrons. The van der Waals surface area contributed by atoms with Crippen LogP contribution in [0.25, 0.3) is 10.9 Å². The highest BCUT2D eigenvalue weighted by molar-refractivity contribution is 6.06. The lowest BCUT2D eigenvalue weighted by atomic mass is 10.1. The van der Waals surface area contributed by atoms with Gasteiger partial charge in [0.15, 0.2) is 0 Å². The fourth-order valence-electron chi connectivity index (χ4n) is 2.81. The molecule has 18 heavy (non-hydrogen) atoms. The van der Waals surface area contributed by atoms with Gasteiger partial charge in [-0.25, -0.2) is 0 Å². The van der Waals surface area contributed by atoms with E-state index < -0.39 is 0 Å². The lowest BCUT2D eigenvalue weighted by Gasteiger charge is -2.24. The third kappa shape index (κ3) is 1.46. The van der Waals surface area contributed by atoms with Crippen LogP contribution < -0.4 is 0 Å². The molecule has 1 aromatic carbocycles. The fraction of sp³-hybridized carbons (Fsp3) is 0.357. The van der Waals surface area contributed by atoms with Crippen LogP contribution in [0.5, 0.6) is 0 Å². The summed E-state index contributed by atoms with van der Waals surface area (Å²) in [5.41, 5.74) is 1.80. The normalized spacial score (nSPS) is 26.1. The molecule has 1 amide bonds. The minimum absolute atomic E-state index is 0.120.